The van der Waals surface area contributed by atoms with E-state index in [0.29, 0.717) is 6.04 Å². The molecule has 0 spiro atoms. The van der Waals surface area contributed by atoms with Crippen molar-refractivity contribution in [3.05, 3.63) is 0 Å². The van der Waals surface area contributed by atoms with E-state index in [1.54, 1.807) is 0 Å². The fourth-order valence-corrected chi connectivity index (χ4v) is 0.204. The topological polar surface area (TPSA) is 12.0 Å². The van der Waals surface area contributed by atoms with E-state index in [-0.39, 0.29) is 0 Å². The van der Waals surface area contributed by atoms with Gasteiger partial charge in [-0.3, -0.25) is 0 Å². The van der Waals surface area contributed by atoms with E-state index in [4.69, 9.17) is 0 Å². The largest absolute Gasteiger partial charge is 0.317 e. The first-order chi connectivity index (χ1) is 5.72. The molecule has 1 nitrogen and oxygen atoms in total. The van der Waals surface area contributed by atoms with Gasteiger partial charge in [-0.2, -0.15) is 0 Å². The molecule has 0 bridgehead atoms. The van der Waals surface area contributed by atoms with Crippen LogP contribution in [-0.4, -0.2) is 13.1 Å². The van der Waals surface area contributed by atoms with Gasteiger partial charge in [0.1, 0.15) is 0 Å². The van der Waals surface area contributed by atoms with E-state index >= 15 is 0 Å². The molecule has 0 fully saturated rings. The maximum Gasteiger partial charge on any atom is 0.00331 e. The first kappa shape index (κ1) is 17.9. The summed E-state index contributed by atoms with van der Waals surface area (Å²) in [6, 6.07) is 0.685. The van der Waals surface area contributed by atoms with Gasteiger partial charge in [-0.15, -0.1) is 0 Å². The van der Waals surface area contributed by atoms with Crippen LogP contribution in [0, 0.1) is 0 Å². The summed E-state index contributed by atoms with van der Waals surface area (Å²) in [5, 5.41) is 3.11. The summed E-state index contributed by atoms with van der Waals surface area (Å²) in [5.41, 5.74) is 0. The van der Waals surface area contributed by atoms with Gasteiger partial charge in [0.25, 0.3) is 0 Å². The van der Waals surface area contributed by atoms with Crippen LogP contribution in [0.2, 0.25) is 0 Å². The Bertz CT molecular complexity index is 38.3. The predicted octanol–water partition coefficient (Wildman–Crippen LogP) is 3.84. The Hall–Kier alpha value is -0.0400. The number of unbranched alkanes of at least 4 members (excludes halogenated alkanes) is 1. The molecular formula is C11H29N. The Morgan fingerprint density at radius 3 is 1.33 bits per heavy atom. The van der Waals surface area contributed by atoms with Gasteiger partial charge in [-0.25, -0.2) is 0 Å². The summed E-state index contributed by atoms with van der Waals surface area (Å²) in [7, 11) is 1.98. The van der Waals surface area contributed by atoms with Crippen LogP contribution in [0.15, 0.2) is 0 Å². The SMILES string of the molecule is CC.CCC(C)NC.CCCC. The molecule has 0 aromatic heterocycles. The van der Waals surface area contributed by atoms with Crippen molar-refractivity contribution in [1.82, 2.24) is 5.32 Å². The maximum atomic E-state index is 3.11. The van der Waals surface area contributed by atoms with E-state index in [0.717, 1.165) is 0 Å². The highest BCUT2D eigenvalue weighted by atomic mass is 14.8. The van der Waals surface area contributed by atoms with Gasteiger partial charge in [-0.1, -0.05) is 47.5 Å². The minimum Gasteiger partial charge on any atom is -0.317 e. The molecule has 12 heavy (non-hydrogen) atoms. The van der Waals surface area contributed by atoms with Crippen molar-refractivity contribution in [1.29, 1.82) is 0 Å². The zero-order valence-corrected chi connectivity index (χ0v) is 10.2. The molecule has 0 radical (unpaired) electrons. The lowest BCUT2D eigenvalue weighted by Gasteiger charge is -2.02. The minimum absolute atomic E-state index is 0.685. The molecular weight excluding hydrogens is 146 g/mol. The number of nitrogens with one attached hydrogen (secondary N) is 1. The molecule has 0 saturated heterocycles. The smallest absolute Gasteiger partial charge is 0.00331 e. The van der Waals surface area contributed by atoms with Gasteiger partial charge >= 0.3 is 0 Å². The first-order valence-corrected chi connectivity index (χ1v) is 5.40. The monoisotopic (exact) mass is 175 g/mol. The van der Waals surface area contributed by atoms with Crippen LogP contribution in [0.4, 0.5) is 0 Å². The number of rotatable bonds is 3. The minimum atomic E-state index is 0.685. The van der Waals surface area contributed by atoms with Crippen molar-refractivity contribution >= 4 is 0 Å². The summed E-state index contributed by atoms with van der Waals surface area (Å²) in [5.74, 6) is 0. The molecule has 0 aliphatic carbocycles. The molecule has 1 atom stereocenters. The third-order valence-electron chi connectivity index (χ3n) is 1.61. The fourth-order valence-electron chi connectivity index (χ4n) is 0.204. The van der Waals surface area contributed by atoms with Crippen molar-refractivity contribution in [3.8, 4) is 0 Å². The summed E-state index contributed by atoms with van der Waals surface area (Å²) >= 11 is 0. The van der Waals surface area contributed by atoms with Crippen molar-refractivity contribution in [2.45, 2.75) is 66.8 Å². The zero-order chi connectivity index (χ0) is 10.4. The van der Waals surface area contributed by atoms with Crippen LogP contribution < -0.4 is 5.32 Å². The third-order valence-corrected chi connectivity index (χ3v) is 1.61. The first-order valence-electron chi connectivity index (χ1n) is 5.40. The Morgan fingerprint density at radius 2 is 1.33 bits per heavy atom. The lowest BCUT2D eigenvalue weighted by molar-refractivity contribution is 0.593. The fraction of sp³-hybridized carbons (Fsp3) is 1.00. The second-order valence-corrected chi connectivity index (χ2v) is 2.60. The zero-order valence-electron chi connectivity index (χ0n) is 10.2. The van der Waals surface area contributed by atoms with Crippen molar-refractivity contribution in [2.24, 2.45) is 0 Å². The molecule has 1 unspecified atom stereocenters. The summed E-state index contributed by atoms with van der Waals surface area (Å²) in [6.45, 7) is 12.7. The van der Waals surface area contributed by atoms with E-state index in [1.807, 2.05) is 20.9 Å². The molecule has 78 valence electrons. The van der Waals surface area contributed by atoms with Crippen LogP contribution in [-0.2, 0) is 0 Å². The van der Waals surface area contributed by atoms with Crippen molar-refractivity contribution in [3.63, 3.8) is 0 Å². The summed E-state index contributed by atoms with van der Waals surface area (Å²) in [4.78, 5) is 0. The van der Waals surface area contributed by atoms with Crippen LogP contribution >= 0.6 is 0 Å². The van der Waals surface area contributed by atoms with E-state index in [9.17, 15) is 0 Å². The number of hydrogen-bond donors (Lipinski definition) is 1. The molecule has 0 amide bonds. The second-order valence-electron chi connectivity index (χ2n) is 2.60. The Morgan fingerprint density at radius 1 is 1.00 bits per heavy atom. The molecule has 0 aromatic rings. The highest BCUT2D eigenvalue weighted by Crippen LogP contribution is 1.82. The van der Waals surface area contributed by atoms with Crippen molar-refractivity contribution in [2.75, 3.05) is 7.05 Å². The van der Waals surface area contributed by atoms with Gasteiger partial charge in [0, 0.05) is 6.04 Å². The van der Waals surface area contributed by atoms with E-state index in [2.05, 4.69) is 33.0 Å². The summed E-state index contributed by atoms with van der Waals surface area (Å²) in [6.07, 6.45) is 3.86. The Balaban J connectivity index is -0.000000118. The maximum absolute atomic E-state index is 3.11. The molecule has 0 heterocycles. The highest BCUT2D eigenvalue weighted by molar-refractivity contribution is 4.49. The molecule has 1 N–H and O–H groups in total. The predicted molar refractivity (Wildman–Crippen MR) is 60.7 cm³/mol. The van der Waals surface area contributed by atoms with Crippen LogP contribution in [0.3, 0.4) is 0 Å². The van der Waals surface area contributed by atoms with E-state index in [1.165, 1.54) is 19.3 Å². The molecule has 0 aromatic carbocycles. The average molecular weight is 175 g/mol. The van der Waals surface area contributed by atoms with Crippen LogP contribution in [0.25, 0.3) is 0 Å². The van der Waals surface area contributed by atoms with Gasteiger partial charge in [-0.05, 0) is 20.4 Å². The van der Waals surface area contributed by atoms with Crippen LogP contribution in [0.5, 0.6) is 0 Å². The molecule has 0 rings (SSSR count). The quantitative estimate of drug-likeness (QED) is 0.687. The van der Waals surface area contributed by atoms with Gasteiger partial charge < -0.3 is 5.32 Å². The van der Waals surface area contributed by atoms with Crippen molar-refractivity contribution < 1.29 is 0 Å². The van der Waals surface area contributed by atoms with Crippen LogP contribution in [0.1, 0.15) is 60.8 Å². The average Bonchev–Trinajstić information content (AvgIpc) is 2.20. The highest BCUT2D eigenvalue weighted by Gasteiger charge is 1.86. The lowest BCUT2D eigenvalue weighted by Crippen LogP contribution is -2.19. The van der Waals surface area contributed by atoms with Gasteiger partial charge in [0.2, 0.25) is 0 Å². The molecule has 1 heteroatoms. The Labute approximate surface area is 80.0 Å². The normalized spacial score (nSPS) is 10.2. The Kier molecular flexibility index (Phi) is 33.5. The lowest BCUT2D eigenvalue weighted by atomic mass is 10.3. The standard InChI is InChI=1S/C5H13N.C4H10.C2H6/c1-4-5(2)6-3;1-3-4-2;1-2/h5-6H,4H2,1-3H3;3-4H2,1-2H3;1-2H3. The summed E-state index contributed by atoms with van der Waals surface area (Å²) < 4.78 is 0. The van der Waals surface area contributed by atoms with E-state index < -0.39 is 0 Å². The molecule has 0 aliphatic heterocycles. The molecule has 0 aliphatic rings. The van der Waals surface area contributed by atoms with Gasteiger partial charge in [0.05, 0.1) is 0 Å². The number of hydrogen-bond acceptors (Lipinski definition) is 1. The third kappa shape index (κ3) is 32.5. The van der Waals surface area contributed by atoms with Gasteiger partial charge in [0.15, 0.2) is 0 Å². The second kappa shape index (κ2) is 22.4. The molecule has 0 saturated carbocycles.